The van der Waals surface area contributed by atoms with Crippen LogP contribution in [0, 0.1) is 0 Å². The molecule has 0 radical (unpaired) electrons. The second kappa shape index (κ2) is 6.56. The molecule has 0 aliphatic heterocycles. The molecule has 1 aromatic heterocycles. The largest absolute Gasteiger partial charge is 0.497 e. The fourth-order valence-corrected chi connectivity index (χ4v) is 1.77. The lowest BCUT2D eigenvalue weighted by Crippen LogP contribution is -2.15. The number of carbonyl (C=O) groups is 1. The summed E-state index contributed by atoms with van der Waals surface area (Å²) in [6.45, 7) is 2.67. The van der Waals surface area contributed by atoms with Gasteiger partial charge in [-0.05, 0) is 43.3 Å². The van der Waals surface area contributed by atoms with Crippen LogP contribution in [0.15, 0.2) is 42.6 Å². The first-order chi connectivity index (χ1) is 9.74. The van der Waals surface area contributed by atoms with Crippen molar-refractivity contribution in [2.75, 3.05) is 24.3 Å². The van der Waals surface area contributed by atoms with Crippen molar-refractivity contribution < 1.29 is 9.53 Å². The van der Waals surface area contributed by atoms with Crippen molar-refractivity contribution >= 4 is 17.4 Å². The number of benzene rings is 1. The molecule has 1 heterocycles. The van der Waals surface area contributed by atoms with E-state index in [1.54, 1.807) is 49.7 Å². The van der Waals surface area contributed by atoms with Crippen LogP contribution < -0.4 is 15.4 Å². The molecule has 2 N–H and O–H groups in total. The molecule has 2 rings (SSSR count). The van der Waals surface area contributed by atoms with Crippen molar-refractivity contribution in [3.8, 4) is 5.75 Å². The Morgan fingerprint density at radius 1 is 1.25 bits per heavy atom. The molecule has 1 amide bonds. The van der Waals surface area contributed by atoms with Crippen LogP contribution in [-0.2, 0) is 0 Å². The molecule has 0 aliphatic rings. The molecule has 104 valence electrons. The van der Waals surface area contributed by atoms with Crippen molar-refractivity contribution in [2.45, 2.75) is 6.92 Å². The van der Waals surface area contributed by atoms with E-state index in [0.717, 1.165) is 5.75 Å². The Morgan fingerprint density at radius 3 is 2.65 bits per heavy atom. The Kier molecular flexibility index (Phi) is 4.55. The van der Waals surface area contributed by atoms with E-state index in [9.17, 15) is 4.79 Å². The molecule has 5 nitrogen and oxygen atoms in total. The Balaban J connectivity index is 2.15. The highest BCUT2D eigenvalue weighted by Gasteiger charge is 2.11. The van der Waals surface area contributed by atoms with E-state index in [1.807, 2.05) is 6.92 Å². The summed E-state index contributed by atoms with van der Waals surface area (Å²) in [5.41, 5.74) is 1.23. The standard InChI is InChI=1S/C15H17N3O2/c1-3-16-14-13(5-4-10-17-14)15(19)18-11-6-8-12(20-2)9-7-11/h4-10H,3H2,1-2H3,(H,16,17)(H,18,19). The van der Waals surface area contributed by atoms with Crippen molar-refractivity contribution in [1.82, 2.24) is 4.98 Å². The van der Waals surface area contributed by atoms with Gasteiger partial charge >= 0.3 is 0 Å². The molecule has 0 aliphatic carbocycles. The van der Waals surface area contributed by atoms with E-state index >= 15 is 0 Å². The minimum absolute atomic E-state index is 0.195. The molecule has 20 heavy (non-hydrogen) atoms. The molecule has 1 aromatic carbocycles. The lowest BCUT2D eigenvalue weighted by Gasteiger charge is -2.10. The van der Waals surface area contributed by atoms with Gasteiger partial charge in [0.2, 0.25) is 0 Å². The smallest absolute Gasteiger partial charge is 0.259 e. The number of nitrogens with zero attached hydrogens (tertiary/aromatic N) is 1. The number of carbonyl (C=O) groups excluding carboxylic acids is 1. The molecule has 2 aromatic rings. The maximum atomic E-state index is 12.2. The van der Waals surface area contributed by atoms with Gasteiger partial charge in [0, 0.05) is 18.4 Å². The van der Waals surface area contributed by atoms with Gasteiger partial charge in [0.1, 0.15) is 11.6 Å². The van der Waals surface area contributed by atoms with Gasteiger partial charge < -0.3 is 15.4 Å². The summed E-state index contributed by atoms with van der Waals surface area (Å²) in [6, 6.07) is 10.7. The summed E-state index contributed by atoms with van der Waals surface area (Å²) in [7, 11) is 1.60. The SMILES string of the molecule is CCNc1ncccc1C(=O)Nc1ccc(OC)cc1. The second-order valence-electron chi connectivity index (χ2n) is 4.11. The summed E-state index contributed by atoms with van der Waals surface area (Å²) in [6.07, 6.45) is 1.65. The molecule has 0 fully saturated rings. The number of pyridine rings is 1. The summed E-state index contributed by atoms with van der Waals surface area (Å²) in [5, 5.41) is 5.90. The monoisotopic (exact) mass is 271 g/mol. The zero-order valence-electron chi connectivity index (χ0n) is 11.5. The van der Waals surface area contributed by atoms with Crippen LogP contribution in [0.4, 0.5) is 11.5 Å². The summed E-state index contributed by atoms with van der Waals surface area (Å²) >= 11 is 0. The molecule has 5 heteroatoms. The van der Waals surface area contributed by atoms with Crippen LogP contribution in [0.3, 0.4) is 0 Å². The number of rotatable bonds is 5. The number of methoxy groups -OCH3 is 1. The Bertz CT molecular complexity index is 582. The van der Waals surface area contributed by atoms with E-state index < -0.39 is 0 Å². The topological polar surface area (TPSA) is 63.2 Å². The minimum Gasteiger partial charge on any atom is -0.497 e. The number of nitrogens with one attached hydrogen (secondary N) is 2. The van der Waals surface area contributed by atoms with Gasteiger partial charge in [-0.3, -0.25) is 4.79 Å². The van der Waals surface area contributed by atoms with Gasteiger partial charge in [-0.2, -0.15) is 0 Å². The van der Waals surface area contributed by atoms with Gasteiger partial charge in [0.15, 0.2) is 0 Å². The van der Waals surface area contributed by atoms with Crippen molar-refractivity contribution in [3.05, 3.63) is 48.2 Å². The zero-order valence-corrected chi connectivity index (χ0v) is 11.5. The molecule has 0 atom stereocenters. The molecule has 0 saturated carbocycles. The minimum atomic E-state index is -0.195. The first kappa shape index (κ1) is 13.9. The average molecular weight is 271 g/mol. The number of aromatic nitrogens is 1. The predicted molar refractivity (Wildman–Crippen MR) is 79.3 cm³/mol. The van der Waals surface area contributed by atoms with E-state index in [-0.39, 0.29) is 5.91 Å². The highest BCUT2D eigenvalue weighted by Crippen LogP contribution is 2.17. The van der Waals surface area contributed by atoms with Gasteiger partial charge in [-0.25, -0.2) is 4.98 Å². The fourth-order valence-electron chi connectivity index (χ4n) is 1.77. The van der Waals surface area contributed by atoms with E-state index in [1.165, 1.54) is 0 Å². The number of amides is 1. The third-order valence-corrected chi connectivity index (χ3v) is 2.74. The number of anilines is 2. The maximum Gasteiger partial charge on any atom is 0.259 e. The first-order valence-electron chi connectivity index (χ1n) is 6.39. The molecule has 0 bridgehead atoms. The third kappa shape index (κ3) is 3.26. The molecular formula is C15H17N3O2. The fraction of sp³-hybridized carbons (Fsp3) is 0.200. The predicted octanol–water partition coefficient (Wildman–Crippen LogP) is 2.77. The summed E-state index contributed by atoms with van der Waals surface area (Å²) in [4.78, 5) is 16.4. The molecule has 0 spiro atoms. The van der Waals surface area contributed by atoms with Crippen LogP contribution >= 0.6 is 0 Å². The number of ether oxygens (including phenoxy) is 1. The lowest BCUT2D eigenvalue weighted by molar-refractivity contribution is 0.102. The highest BCUT2D eigenvalue weighted by atomic mass is 16.5. The van der Waals surface area contributed by atoms with Crippen LogP contribution in [0.5, 0.6) is 5.75 Å². The van der Waals surface area contributed by atoms with Crippen LogP contribution in [0.25, 0.3) is 0 Å². The zero-order chi connectivity index (χ0) is 14.4. The van der Waals surface area contributed by atoms with E-state index in [2.05, 4.69) is 15.6 Å². The normalized spacial score (nSPS) is 9.90. The van der Waals surface area contributed by atoms with Crippen molar-refractivity contribution in [1.29, 1.82) is 0 Å². The lowest BCUT2D eigenvalue weighted by atomic mass is 10.2. The summed E-state index contributed by atoms with van der Waals surface area (Å²) < 4.78 is 5.08. The Morgan fingerprint density at radius 2 is 2.00 bits per heavy atom. The van der Waals surface area contributed by atoms with E-state index in [4.69, 9.17) is 4.74 Å². The second-order valence-corrected chi connectivity index (χ2v) is 4.11. The highest BCUT2D eigenvalue weighted by molar-refractivity contribution is 6.07. The van der Waals surface area contributed by atoms with Gasteiger partial charge in [0.25, 0.3) is 5.91 Å². The number of hydrogen-bond acceptors (Lipinski definition) is 4. The molecule has 0 saturated heterocycles. The molecule has 0 unspecified atom stereocenters. The van der Waals surface area contributed by atoms with Gasteiger partial charge in [0.05, 0.1) is 12.7 Å². The number of hydrogen-bond donors (Lipinski definition) is 2. The Labute approximate surface area is 118 Å². The molecular weight excluding hydrogens is 254 g/mol. The van der Waals surface area contributed by atoms with Crippen LogP contribution in [0.2, 0.25) is 0 Å². The van der Waals surface area contributed by atoms with Crippen LogP contribution in [0.1, 0.15) is 17.3 Å². The first-order valence-corrected chi connectivity index (χ1v) is 6.39. The average Bonchev–Trinajstić information content (AvgIpc) is 2.49. The maximum absolute atomic E-state index is 12.2. The quantitative estimate of drug-likeness (QED) is 0.877. The third-order valence-electron chi connectivity index (χ3n) is 2.74. The van der Waals surface area contributed by atoms with E-state index in [0.29, 0.717) is 23.6 Å². The van der Waals surface area contributed by atoms with Crippen LogP contribution in [-0.4, -0.2) is 24.5 Å². The van der Waals surface area contributed by atoms with Gasteiger partial charge in [-0.1, -0.05) is 0 Å². The van der Waals surface area contributed by atoms with Crippen molar-refractivity contribution in [3.63, 3.8) is 0 Å². The van der Waals surface area contributed by atoms with Gasteiger partial charge in [-0.15, -0.1) is 0 Å². The Hall–Kier alpha value is -2.56. The summed E-state index contributed by atoms with van der Waals surface area (Å²) in [5.74, 6) is 1.14. The van der Waals surface area contributed by atoms with Crippen molar-refractivity contribution in [2.24, 2.45) is 0 Å².